The Morgan fingerprint density at radius 2 is 2.00 bits per heavy atom. The van der Waals surface area contributed by atoms with Crippen molar-refractivity contribution < 1.29 is 4.79 Å². The number of nitrogens with two attached hydrogens (primary N) is 1. The topological polar surface area (TPSA) is 46.3 Å². The zero-order valence-corrected chi connectivity index (χ0v) is 16.7. The van der Waals surface area contributed by atoms with Crippen LogP contribution in [-0.2, 0) is 13.1 Å². The highest BCUT2D eigenvalue weighted by Gasteiger charge is 2.31. The summed E-state index contributed by atoms with van der Waals surface area (Å²) in [5.41, 5.74) is 9.98. The molecule has 0 radical (unpaired) electrons. The molecule has 138 valence electrons. The Hall–Kier alpha value is -2.14. The Morgan fingerprint density at radius 3 is 2.74 bits per heavy atom. The van der Waals surface area contributed by atoms with Gasteiger partial charge in [-0.25, -0.2) is 0 Å². The first-order valence-electron chi connectivity index (χ1n) is 9.00. The summed E-state index contributed by atoms with van der Waals surface area (Å²) in [6.07, 6.45) is 0. The van der Waals surface area contributed by atoms with Crippen molar-refractivity contribution in [1.29, 1.82) is 0 Å². The second-order valence-electron chi connectivity index (χ2n) is 7.07. The first kappa shape index (κ1) is 18.2. The molecule has 1 aliphatic heterocycles. The molecule has 0 saturated carbocycles. The van der Waals surface area contributed by atoms with E-state index in [1.807, 2.05) is 6.07 Å². The summed E-state index contributed by atoms with van der Waals surface area (Å²) in [6, 6.07) is 17.6. The van der Waals surface area contributed by atoms with Gasteiger partial charge in [0, 0.05) is 35.1 Å². The highest BCUT2D eigenvalue weighted by Crippen LogP contribution is 2.41. The van der Waals surface area contributed by atoms with Crippen molar-refractivity contribution in [3.8, 4) is 0 Å². The summed E-state index contributed by atoms with van der Waals surface area (Å²) < 4.78 is 0. The molecule has 0 saturated heterocycles. The predicted molar refractivity (Wildman–Crippen MR) is 113 cm³/mol. The number of nitrogens with zero attached hydrogens (tertiary/aromatic N) is 1. The second kappa shape index (κ2) is 7.47. The lowest BCUT2D eigenvalue weighted by atomic mass is 9.89. The van der Waals surface area contributed by atoms with Crippen LogP contribution in [0, 0.1) is 0 Å². The van der Waals surface area contributed by atoms with Crippen LogP contribution >= 0.6 is 22.9 Å². The Bertz CT molecular complexity index is 983. The summed E-state index contributed by atoms with van der Waals surface area (Å²) in [5, 5.41) is 1.17. The van der Waals surface area contributed by atoms with E-state index in [0.717, 1.165) is 25.2 Å². The molecule has 1 atom stereocenters. The molecule has 1 aliphatic rings. The zero-order chi connectivity index (χ0) is 19.0. The molecule has 0 fully saturated rings. The number of thiophene rings is 1. The highest BCUT2D eigenvalue weighted by atomic mass is 35.5. The monoisotopic (exact) mass is 396 g/mol. The minimum absolute atomic E-state index is 0.0316. The predicted octanol–water partition coefficient (Wildman–Crippen LogP) is 5.33. The van der Waals surface area contributed by atoms with Crippen LogP contribution < -0.4 is 5.73 Å². The third-order valence-electron chi connectivity index (χ3n) is 5.00. The Kier molecular flexibility index (Phi) is 5.04. The number of nitrogen functional groups attached to an aromatic ring is 1. The van der Waals surface area contributed by atoms with Crippen LogP contribution in [0.5, 0.6) is 0 Å². The minimum atomic E-state index is -0.0316. The molecule has 2 aromatic carbocycles. The molecule has 0 amide bonds. The number of carbonyl (C=O) groups is 1. The molecule has 0 aliphatic carbocycles. The van der Waals surface area contributed by atoms with E-state index in [0.29, 0.717) is 21.2 Å². The van der Waals surface area contributed by atoms with E-state index in [-0.39, 0.29) is 11.7 Å². The van der Waals surface area contributed by atoms with Gasteiger partial charge in [-0.1, -0.05) is 61.0 Å². The average Bonchev–Trinajstić information content (AvgIpc) is 2.98. The van der Waals surface area contributed by atoms with Crippen molar-refractivity contribution in [3.63, 3.8) is 0 Å². The van der Waals surface area contributed by atoms with Crippen molar-refractivity contribution in [1.82, 2.24) is 4.90 Å². The smallest absolute Gasteiger partial charge is 0.196 e. The van der Waals surface area contributed by atoms with Gasteiger partial charge < -0.3 is 5.73 Å². The van der Waals surface area contributed by atoms with Crippen LogP contribution in [0.25, 0.3) is 0 Å². The van der Waals surface area contributed by atoms with E-state index in [1.165, 1.54) is 10.4 Å². The molecular weight excluding hydrogens is 376 g/mol. The van der Waals surface area contributed by atoms with Gasteiger partial charge in [-0.05, 0) is 29.2 Å². The summed E-state index contributed by atoms with van der Waals surface area (Å²) in [5.74, 6) is 0.222. The van der Waals surface area contributed by atoms with Crippen LogP contribution in [0.1, 0.15) is 44.8 Å². The largest absolute Gasteiger partial charge is 0.390 e. The lowest BCUT2D eigenvalue weighted by molar-refractivity contribution is 0.103. The van der Waals surface area contributed by atoms with Gasteiger partial charge in [-0.3, -0.25) is 9.69 Å². The molecule has 1 aromatic heterocycles. The molecular formula is C22H21ClN2OS. The van der Waals surface area contributed by atoms with Gasteiger partial charge in [0.2, 0.25) is 0 Å². The van der Waals surface area contributed by atoms with Gasteiger partial charge in [0.25, 0.3) is 0 Å². The summed E-state index contributed by atoms with van der Waals surface area (Å²) in [7, 11) is 0. The van der Waals surface area contributed by atoms with E-state index in [1.54, 1.807) is 35.6 Å². The number of hydrogen-bond donors (Lipinski definition) is 1. The number of anilines is 1. The van der Waals surface area contributed by atoms with Crippen LogP contribution in [-0.4, -0.2) is 17.2 Å². The number of fused-ring (bicyclic) bond motifs is 1. The van der Waals surface area contributed by atoms with Crippen molar-refractivity contribution in [2.24, 2.45) is 0 Å². The van der Waals surface area contributed by atoms with Crippen LogP contribution in [0.2, 0.25) is 5.02 Å². The lowest BCUT2D eigenvalue weighted by Gasteiger charge is -2.31. The fraction of sp³-hybridized carbons (Fsp3) is 0.227. The van der Waals surface area contributed by atoms with Crippen molar-refractivity contribution in [3.05, 3.63) is 86.8 Å². The highest BCUT2D eigenvalue weighted by molar-refractivity contribution is 7.16. The summed E-state index contributed by atoms with van der Waals surface area (Å²) >= 11 is 7.62. The van der Waals surface area contributed by atoms with E-state index >= 15 is 0 Å². The fourth-order valence-electron chi connectivity index (χ4n) is 3.87. The molecule has 3 aromatic rings. The molecule has 4 rings (SSSR count). The first-order chi connectivity index (χ1) is 13.0. The standard InChI is InChI=1S/C22H21ClN2OS/c1-14-11-25(12-15-6-3-2-4-7-15)13-18-19(14)20(22(24)27-18)21(26)16-8-5-9-17(23)10-16/h2-10,14H,11-13,24H2,1H3. The van der Waals surface area contributed by atoms with E-state index in [9.17, 15) is 4.79 Å². The number of hydrogen-bond acceptors (Lipinski definition) is 4. The number of benzene rings is 2. The van der Waals surface area contributed by atoms with Gasteiger partial charge in [0.15, 0.2) is 5.78 Å². The van der Waals surface area contributed by atoms with E-state index < -0.39 is 0 Å². The molecule has 2 heterocycles. The average molecular weight is 397 g/mol. The number of carbonyl (C=O) groups excluding carboxylic acids is 1. The Morgan fingerprint density at radius 1 is 1.22 bits per heavy atom. The zero-order valence-electron chi connectivity index (χ0n) is 15.1. The van der Waals surface area contributed by atoms with Gasteiger partial charge in [0.05, 0.1) is 10.6 Å². The minimum Gasteiger partial charge on any atom is -0.390 e. The SMILES string of the molecule is CC1CN(Cc2ccccc2)Cc2sc(N)c(C(=O)c3cccc(Cl)c3)c21. The van der Waals surface area contributed by atoms with Crippen LogP contribution in [0.4, 0.5) is 5.00 Å². The normalized spacial score (nSPS) is 16.9. The maximum Gasteiger partial charge on any atom is 0.196 e. The van der Waals surface area contributed by atoms with Crippen molar-refractivity contribution in [2.45, 2.75) is 25.9 Å². The summed E-state index contributed by atoms with van der Waals surface area (Å²) in [6.45, 7) is 4.82. The molecule has 1 unspecified atom stereocenters. The van der Waals surface area contributed by atoms with Gasteiger partial charge in [-0.15, -0.1) is 11.3 Å². The number of halogens is 1. The van der Waals surface area contributed by atoms with Crippen LogP contribution in [0.3, 0.4) is 0 Å². The molecule has 3 nitrogen and oxygen atoms in total. The molecule has 2 N–H and O–H groups in total. The maximum atomic E-state index is 13.1. The fourth-order valence-corrected chi connectivity index (χ4v) is 5.29. The van der Waals surface area contributed by atoms with Gasteiger partial charge in [-0.2, -0.15) is 0 Å². The molecule has 0 bridgehead atoms. The van der Waals surface area contributed by atoms with Gasteiger partial charge >= 0.3 is 0 Å². The van der Waals surface area contributed by atoms with E-state index in [2.05, 4.69) is 36.1 Å². The van der Waals surface area contributed by atoms with Crippen LogP contribution in [0.15, 0.2) is 54.6 Å². The molecule has 0 spiro atoms. The third-order valence-corrected chi connectivity index (χ3v) is 6.26. The Labute approximate surface area is 168 Å². The van der Waals surface area contributed by atoms with E-state index in [4.69, 9.17) is 17.3 Å². The third kappa shape index (κ3) is 3.65. The Balaban J connectivity index is 1.64. The van der Waals surface area contributed by atoms with Crippen molar-refractivity contribution >= 4 is 33.7 Å². The molecule has 27 heavy (non-hydrogen) atoms. The lowest BCUT2D eigenvalue weighted by Crippen LogP contribution is -2.32. The number of rotatable bonds is 4. The molecule has 5 heteroatoms. The number of ketones is 1. The first-order valence-corrected chi connectivity index (χ1v) is 10.2. The second-order valence-corrected chi connectivity index (χ2v) is 8.65. The maximum absolute atomic E-state index is 13.1. The van der Waals surface area contributed by atoms with Crippen molar-refractivity contribution in [2.75, 3.05) is 12.3 Å². The van der Waals surface area contributed by atoms with Gasteiger partial charge in [0.1, 0.15) is 0 Å². The quantitative estimate of drug-likeness (QED) is 0.606. The summed E-state index contributed by atoms with van der Waals surface area (Å²) in [4.78, 5) is 16.7.